The lowest BCUT2D eigenvalue weighted by Crippen LogP contribution is -2.33. The lowest BCUT2D eigenvalue weighted by molar-refractivity contribution is 0.0950. The van der Waals surface area contributed by atoms with Crippen molar-refractivity contribution in [1.82, 2.24) is 15.1 Å². The first-order chi connectivity index (χ1) is 8.99. The second-order valence-corrected chi connectivity index (χ2v) is 5.33. The van der Waals surface area contributed by atoms with Gasteiger partial charge in [0, 0.05) is 7.05 Å². The Morgan fingerprint density at radius 2 is 2.37 bits per heavy atom. The molecule has 19 heavy (non-hydrogen) atoms. The first-order valence-electron chi connectivity index (χ1n) is 5.98. The summed E-state index contributed by atoms with van der Waals surface area (Å²) >= 11 is 1.34. The fraction of sp³-hybridized carbons (Fsp3) is 0.385. The number of carbonyl (C=O) groups is 1. The third kappa shape index (κ3) is 2.17. The summed E-state index contributed by atoms with van der Waals surface area (Å²) < 4.78 is 1.74. The number of rotatable bonds is 3. The van der Waals surface area contributed by atoms with Crippen molar-refractivity contribution in [3.05, 3.63) is 10.6 Å². The number of thiophene rings is 1. The second-order valence-electron chi connectivity index (χ2n) is 4.33. The standard InChI is InChI=1S/C13H16N4OS/c1-5-8(6-2)15-12(18)11-10(14)9-7(3)16-17(4)13(9)19-11/h1,8H,6,14H2,2-4H3,(H,15,18). The summed E-state index contributed by atoms with van der Waals surface area (Å²) in [7, 11) is 1.84. The Kier molecular flexibility index (Phi) is 3.49. The summed E-state index contributed by atoms with van der Waals surface area (Å²) in [6.07, 6.45) is 6.03. The number of nitrogen functional groups attached to an aromatic ring is 1. The van der Waals surface area contributed by atoms with E-state index in [1.54, 1.807) is 4.68 Å². The summed E-state index contributed by atoms with van der Waals surface area (Å²) in [4.78, 5) is 13.6. The highest BCUT2D eigenvalue weighted by molar-refractivity contribution is 7.21. The van der Waals surface area contributed by atoms with Crippen LogP contribution >= 0.6 is 11.3 Å². The predicted molar refractivity (Wildman–Crippen MR) is 78.1 cm³/mol. The molecule has 0 saturated heterocycles. The van der Waals surface area contributed by atoms with Gasteiger partial charge in [-0.1, -0.05) is 12.8 Å². The molecule has 0 spiro atoms. The van der Waals surface area contributed by atoms with Crippen molar-refractivity contribution in [1.29, 1.82) is 0 Å². The van der Waals surface area contributed by atoms with Crippen molar-refractivity contribution < 1.29 is 4.79 Å². The highest BCUT2D eigenvalue weighted by Crippen LogP contribution is 2.35. The lowest BCUT2D eigenvalue weighted by Gasteiger charge is -2.09. The molecule has 1 amide bonds. The molecule has 0 bridgehead atoms. The maximum absolute atomic E-state index is 12.2. The summed E-state index contributed by atoms with van der Waals surface area (Å²) in [6, 6.07) is -0.267. The molecule has 1 unspecified atom stereocenters. The van der Waals surface area contributed by atoms with E-state index in [1.807, 2.05) is 20.9 Å². The normalized spacial score (nSPS) is 12.3. The molecule has 0 saturated carbocycles. The second kappa shape index (κ2) is 4.94. The molecule has 0 aliphatic rings. The van der Waals surface area contributed by atoms with Gasteiger partial charge in [0.25, 0.3) is 5.91 Å². The van der Waals surface area contributed by atoms with Crippen molar-refractivity contribution in [2.24, 2.45) is 7.05 Å². The molecule has 0 aromatic carbocycles. The van der Waals surface area contributed by atoms with Crippen LogP contribution in [-0.2, 0) is 7.05 Å². The Hall–Kier alpha value is -2.00. The van der Waals surface area contributed by atoms with Gasteiger partial charge in [0.15, 0.2) is 0 Å². The summed E-state index contributed by atoms with van der Waals surface area (Å²) in [5.74, 6) is 2.32. The molecule has 2 rings (SSSR count). The summed E-state index contributed by atoms with van der Waals surface area (Å²) in [5, 5.41) is 7.93. The van der Waals surface area contributed by atoms with Crippen molar-refractivity contribution in [2.45, 2.75) is 26.3 Å². The van der Waals surface area contributed by atoms with Crippen LogP contribution in [0.5, 0.6) is 0 Å². The molecule has 2 aromatic rings. The van der Waals surface area contributed by atoms with E-state index in [2.05, 4.69) is 16.3 Å². The van der Waals surface area contributed by atoms with Crippen LogP contribution in [0.3, 0.4) is 0 Å². The van der Waals surface area contributed by atoms with Gasteiger partial charge in [0.05, 0.1) is 22.8 Å². The van der Waals surface area contributed by atoms with Gasteiger partial charge in [-0.25, -0.2) is 0 Å². The third-order valence-corrected chi connectivity index (χ3v) is 4.27. The topological polar surface area (TPSA) is 72.9 Å². The van der Waals surface area contributed by atoms with Crippen LogP contribution in [-0.4, -0.2) is 21.7 Å². The smallest absolute Gasteiger partial charge is 0.264 e. The molecule has 6 heteroatoms. The van der Waals surface area contributed by atoms with Crippen LogP contribution in [0.25, 0.3) is 10.2 Å². The van der Waals surface area contributed by atoms with Gasteiger partial charge in [0.2, 0.25) is 0 Å². The fourth-order valence-corrected chi connectivity index (χ4v) is 3.07. The molecule has 0 fully saturated rings. The summed E-state index contributed by atoms with van der Waals surface area (Å²) in [5.41, 5.74) is 7.37. The molecule has 1 atom stereocenters. The molecule has 2 heterocycles. The fourth-order valence-electron chi connectivity index (χ4n) is 1.98. The first kappa shape index (κ1) is 13.4. The SMILES string of the molecule is C#CC(CC)NC(=O)c1sc2c(c(C)nn2C)c1N. The first-order valence-corrected chi connectivity index (χ1v) is 6.79. The Bertz CT molecular complexity index is 677. The molecular formula is C13H16N4OS. The number of anilines is 1. The molecule has 0 aliphatic heterocycles. The van der Waals surface area contributed by atoms with E-state index in [0.717, 1.165) is 15.9 Å². The number of hydrogen-bond donors (Lipinski definition) is 2. The Balaban J connectivity index is 2.41. The molecule has 0 aliphatic carbocycles. The number of aromatic nitrogens is 2. The van der Waals surface area contributed by atoms with Crippen LogP contribution in [0, 0.1) is 19.3 Å². The van der Waals surface area contributed by atoms with Crippen LogP contribution in [0.4, 0.5) is 5.69 Å². The number of nitrogens with zero attached hydrogens (tertiary/aromatic N) is 2. The maximum atomic E-state index is 12.2. The largest absolute Gasteiger partial charge is 0.397 e. The number of amides is 1. The Morgan fingerprint density at radius 3 is 2.89 bits per heavy atom. The zero-order chi connectivity index (χ0) is 14.2. The van der Waals surface area contributed by atoms with E-state index in [0.29, 0.717) is 17.0 Å². The average Bonchev–Trinajstić information content (AvgIpc) is 2.86. The van der Waals surface area contributed by atoms with Gasteiger partial charge < -0.3 is 11.1 Å². The Morgan fingerprint density at radius 1 is 1.68 bits per heavy atom. The van der Waals surface area contributed by atoms with Crippen LogP contribution in [0.15, 0.2) is 0 Å². The van der Waals surface area contributed by atoms with Crippen molar-refractivity contribution in [3.63, 3.8) is 0 Å². The molecule has 5 nitrogen and oxygen atoms in total. The van der Waals surface area contributed by atoms with E-state index in [-0.39, 0.29) is 11.9 Å². The van der Waals surface area contributed by atoms with Crippen molar-refractivity contribution in [3.8, 4) is 12.3 Å². The molecule has 0 radical (unpaired) electrons. The molecule has 2 aromatic heterocycles. The minimum atomic E-state index is -0.267. The number of aryl methyl sites for hydroxylation is 2. The number of fused-ring (bicyclic) bond motifs is 1. The minimum absolute atomic E-state index is 0.220. The lowest BCUT2D eigenvalue weighted by atomic mass is 10.2. The quantitative estimate of drug-likeness (QED) is 0.837. The van der Waals surface area contributed by atoms with Crippen LogP contribution in [0.1, 0.15) is 28.7 Å². The highest BCUT2D eigenvalue weighted by Gasteiger charge is 2.21. The third-order valence-electron chi connectivity index (χ3n) is 3.00. The summed E-state index contributed by atoms with van der Waals surface area (Å²) in [6.45, 7) is 3.80. The zero-order valence-electron chi connectivity index (χ0n) is 11.2. The van der Waals surface area contributed by atoms with Crippen LogP contribution < -0.4 is 11.1 Å². The van der Waals surface area contributed by atoms with Gasteiger partial charge in [-0.3, -0.25) is 9.48 Å². The van der Waals surface area contributed by atoms with Gasteiger partial charge in [0.1, 0.15) is 9.71 Å². The minimum Gasteiger partial charge on any atom is -0.397 e. The van der Waals surface area contributed by atoms with Crippen molar-refractivity contribution in [2.75, 3.05) is 5.73 Å². The predicted octanol–water partition coefficient (Wildman–Crippen LogP) is 1.67. The number of terminal acetylenes is 1. The number of carbonyl (C=O) groups excluding carboxylic acids is 1. The Labute approximate surface area is 115 Å². The zero-order valence-corrected chi connectivity index (χ0v) is 12.0. The van der Waals surface area contributed by atoms with Crippen molar-refractivity contribution >= 4 is 33.1 Å². The van der Waals surface area contributed by atoms with Gasteiger partial charge in [-0.05, 0) is 13.3 Å². The van der Waals surface area contributed by atoms with E-state index >= 15 is 0 Å². The van der Waals surface area contributed by atoms with Gasteiger partial charge in [-0.2, -0.15) is 5.10 Å². The van der Waals surface area contributed by atoms with E-state index in [4.69, 9.17) is 12.2 Å². The van der Waals surface area contributed by atoms with Gasteiger partial charge >= 0.3 is 0 Å². The van der Waals surface area contributed by atoms with E-state index < -0.39 is 0 Å². The monoisotopic (exact) mass is 276 g/mol. The molecule has 3 N–H and O–H groups in total. The highest BCUT2D eigenvalue weighted by atomic mass is 32.1. The maximum Gasteiger partial charge on any atom is 0.264 e. The number of nitrogens with one attached hydrogen (secondary N) is 1. The number of nitrogens with two attached hydrogens (primary N) is 1. The molecular weight excluding hydrogens is 260 g/mol. The molecule has 100 valence electrons. The van der Waals surface area contributed by atoms with Crippen LogP contribution in [0.2, 0.25) is 0 Å². The van der Waals surface area contributed by atoms with E-state index in [9.17, 15) is 4.79 Å². The number of hydrogen-bond acceptors (Lipinski definition) is 4. The van der Waals surface area contributed by atoms with Gasteiger partial charge in [-0.15, -0.1) is 17.8 Å². The van der Waals surface area contributed by atoms with E-state index in [1.165, 1.54) is 11.3 Å². The average molecular weight is 276 g/mol.